The van der Waals surface area contributed by atoms with Crippen molar-refractivity contribution in [3.8, 4) is 5.75 Å². The standard InChI is InChI=1S/C18H23ClN2O5S2/c1-13(18(22)20-8-10-27-12-15-5-4-9-26-15)21(28(3,23)24)14-6-7-17(25-2)16(19)11-14/h4-7,9,11,13H,8,10,12H2,1-3H3,(H,20,22)/t13-/m1/s1. The summed E-state index contributed by atoms with van der Waals surface area (Å²) in [5.41, 5.74) is 0.295. The second-order valence-corrected chi connectivity index (χ2v) is 9.35. The van der Waals surface area contributed by atoms with E-state index in [0.717, 1.165) is 16.3 Å². The minimum Gasteiger partial charge on any atom is -0.495 e. The number of benzene rings is 1. The first-order chi connectivity index (χ1) is 13.2. The van der Waals surface area contributed by atoms with Gasteiger partial charge in [-0.1, -0.05) is 11.6 Å². The average Bonchev–Trinajstić information content (AvgIpc) is 3.13. The predicted octanol–water partition coefficient (Wildman–Crippen LogP) is 3.15. The zero-order chi connectivity index (χ0) is 20.7. The SMILES string of the molecule is COc1ccc(N([C@H](C)C(=O)NCCSCc2ccco2)S(C)(=O)=O)cc1Cl. The van der Waals surface area contributed by atoms with Crippen molar-refractivity contribution < 1.29 is 22.4 Å². The summed E-state index contributed by atoms with van der Waals surface area (Å²) in [5, 5.41) is 3.03. The molecule has 1 atom stereocenters. The summed E-state index contributed by atoms with van der Waals surface area (Å²) >= 11 is 7.72. The van der Waals surface area contributed by atoms with Crippen LogP contribution in [0.15, 0.2) is 41.0 Å². The largest absolute Gasteiger partial charge is 0.495 e. The lowest BCUT2D eigenvalue weighted by atomic mass is 10.2. The molecule has 7 nitrogen and oxygen atoms in total. The molecule has 154 valence electrons. The number of nitrogens with zero attached hydrogens (tertiary/aromatic N) is 1. The fraction of sp³-hybridized carbons (Fsp3) is 0.389. The van der Waals surface area contributed by atoms with Crippen LogP contribution in [0.1, 0.15) is 12.7 Å². The van der Waals surface area contributed by atoms with Gasteiger partial charge in [0, 0.05) is 12.3 Å². The Kier molecular flexibility index (Phi) is 8.09. The molecule has 0 bridgehead atoms. The predicted molar refractivity (Wildman–Crippen MR) is 113 cm³/mol. The van der Waals surface area contributed by atoms with Gasteiger partial charge >= 0.3 is 0 Å². The maximum atomic E-state index is 12.5. The zero-order valence-corrected chi connectivity index (χ0v) is 18.2. The van der Waals surface area contributed by atoms with Gasteiger partial charge in [0.2, 0.25) is 15.9 Å². The third-order valence-electron chi connectivity index (χ3n) is 3.85. The maximum Gasteiger partial charge on any atom is 0.243 e. The van der Waals surface area contributed by atoms with Gasteiger partial charge in [-0.25, -0.2) is 8.42 Å². The van der Waals surface area contributed by atoms with Crippen LogP contribution in [0.3, 0.4) is 0 Å². The molecule has 0 spiro atoms. The number of carbonyl (C=O) groups is 1. The number of nitrogens with one attached hydrogen (secondary N) is 1. The van der Waals surface area contributed by atoms with Crippen LogP contribution in [0.5, 0.6) is 5.75 Å². The first-order valence-corrected chi connectivity index (χ1v) is 11.8. The quantitative estimate of drug-likeness (QED) is 0.564. The Labute approximate surface area is 174 Å². The Morgan fingerprint density at radius 3 is 2.71 bits per heavy atom. The van der Waals surface area contributed by atoms with Crippen molar-refractivity contribution in [2.24, 2.45) is 0 Å². The van der Waals surface area contributed by atoms with Gasteiger partial charge in [-0.2, -0.15) is 11.8 Å². The van der Waals surface area contributed by atoms with Gasteiger partial charge < -0.3 is 14.5 Å². The number of methoxy groups -OCH3 is 1. The van der Waals surface area contributed by atoms with Crippen molar-refractivity contribution in [3.05, 3.63) is 47.4 Å². The van der Waals surface area contributed by atoms with E-state index in [1.54, 1.807) is 30.2 Å². The van der Waals surface area contributed by atoms with Crippen LogP contribution in [-0.2, 0) is 20.6 Å². The molecule has 2 aromatic rings. The second-order valence-electron chi connectivity index (χ2n) is 5.98. The summed E-state index contributed by atoms with van der Waals surface area (Å²) in [7, 11) is -2.24. The van der Waals surface area contributed by atoms with Gasteiger partial charge in [0.05, 0.1) is 36.1 Å². The molecule has 1 N–H and O–H groups in total. The summed E-state index contributed by atoms with van der Waals surface area (Å²) in [4.78, 5) is 12.5. The van der Waals surface area contributed by atoms with Gasteiger partial charge in [-0.15, -0.1) is 0 Å². The van der Waals surface area contributed by atoms with E-state index in [4.69, 9.17) is 20.8 Å². The number of carbonyl (C=O) groups excluding carboxylic acids is 1. The Morgan fingerprint density at radius 1 is 1.39 bits per heavy atom. The molecule has 0 saturated carbocycles. The van der Waals surface area contributed by atoms with Crippen molar-refractivity contribution in [2.75, 3.05) is 30.0 Å². The van der Waals surface area contributed by atoms with Crippen LogP contribution in [0.25, 0.3) is 0 Å². The van der Waals surface area contributed by atoms with E-state index < -0.39 is 22.0 Å². The van der Waals surface area contributed by atoms with Gasteiger partial charge in [0.1, 0.15) is 17.6 Å². The van der Waals surface area contributed by atoms with Crippen molar-refractivity contribution in [1.82, 2.24) is 5.32 Å². The number of hydrogen-bond acceptors (Lipinski definition) is 6. The first-order valence-electron chi connectivity index (χ1n) is 8.45. The highest BCUT2D eigenvalue weighted by Gasteiger charge is 2.29. The molecule has 0 radical (unpaired) electrons. The van der Waals surface area contributed by atoms with E-state index in [9.17, 15) is 13.2 Å². The maximum absolute atomic E-state index is 12.5. The number of sulfonamides is 1. The van der Waals surface area contributed by atoms with E-state index >= 15 is 0 Å². The molecule has 0 saturated heterocycles. The number of thioether (sulfide) groups is 1. The zero-order valence-electron chi connectivity index (χ0n) is 15.8. The second kappa shape index (κ2) is 10.1. The van der Waals surface area contributed by atoms with E-state index in [-0.39, 0.29) is 5.02 Å². The molecular formula is C18H23ClN2O5S2. The topological polar surface area (TPSA) is 88.8 Å². The van der Waals surface area contributed by atoms with Crippen molar-refractivity contribution in [3.63, 3.8) is 0 Å². The van der Waals surface area contributed by atoms with Crippen LogP contribution in [0, 0.1) is 0 Å². The molecule has 1 aromatic heterocycles. The number of ether oxygens (including phenoxy) is 1. The third-order valence-corrected chi connectivity index (χ3v) is 6.37. The first kappa shape index (κ1) is 22.4. The van der Waals surface area contributed by atoms with E-state index in [2.05, 4.69) is 5.32 Å². The number of hydrogen-bond donors (Lipinski definition) is 1. The number of anilines is 1. The minimum absolute atomic E-state index is 0.260. The van der Waals surface area contributed by atoms with Crippen molar-refractivity contribution >= 4 is 45.0 Å². The lowest BCUT2D eigenvalue weighted by Gasteiger charge is -2.28. The van der Waals surface area contributed by atoms with Crippen LogP contribution < -0.4 is 14.4 Å². The Balaban J connectivity index is 1.99. The summed E-state index contributed by atoms with van der Waals surface area (Å²) in [6.45, 7) is 1.94. The van der Waals surface area contributed by atoms with E-state index in [0.29, 0.717) is 29.5 Å². The molecule has 0 unspecified atom stereocenters. The summed E-state index contributed by atoms with van der Waals surface area (Å²) in [6.07, 6.45) is 2.67. The molecule has 10 heteroatoms. The summed E-state index contributed by atoms with van der Waals surface area (Å²) in [5.74, 6) is 2.27. The molecule has 1 amide bonds. The van der Waals surface area contributed by atoms with Gasteiger partial charge in [0.15, 0.2) is 0 Å². The molecule has 0 fully saturated rings. The molecule has 0 aliphatic rings. The Hall–Kier alpha value is -1.84. The number of amides is 1. The fourth-order valence-electron chi connectivity index (χ4n) is 2.56. The normalized spacial score (nSPS) is 12.4. The summed E-state index contributed by atoms with van der Waals surface area (Å²) in [6, 6.07) is 7.35. The highest BCUT2D eigenvalue weighted by atomic mass is 35.5. The van der Waals surface area contributed by atoms with Crippen LogP contribution in [0.4, 0.5) is 5.69 Å². The monoisotopic (exact) mass is 446 g/mol. The molecule has 0 aliphatic carbocycles. The lowest BCUT2D eigenvalue weighted by Crippen LogP contribution is -2.48. The highest BCUT2D eigenvalue weighted by Crippen LogP contribution is 2.31. The van der Waals surface area contributed by atoms with Gasteiger partial charge in [-0.05, 0) is 37.3 Å². The lowest BCUT2D eigenvalue weighted by molar-refractivity contribution is -0.121. The smallest absolute Gasteiger partial charge is 0.243 e. The van der Waals surface area contributed by atoms with Crippen LogP contribution in [-0.4, -0.2) is 46.0 Å². The third kappa shape index (κ3) is 6.08. The van der Waals surface area contributed by atoms with E-state index in [1.807, 2.05) is 12.1 Å². The number of halogens is 1. The van der Waals surface area contributed by atoms with E-state index in [1.165, 1.54) is 20.1 Å². The fourth-order valence-corrected chi connectivity index (χ4v) is 4.74. The molecule has 1 aromatic carbocycles. The van der Waals surface area contributed by atoms with Gasteiger partial charge in [-0.3, -0.25) is 9.10 Å². The molecule has 1 heterocycles. The van der Waals surface area contributed by atoms with Crippen molar-refractivity contribution in [2.45, 2.75) is 18.7 Å². The molecule has 0 aliphatic heterocycles. The summed E-state index contributed by atoms with van der Waals surface area (Å²) < 4.78 is 36.0. The van der Waals surface area contributed by atoms with Gasteiger partial charge in [0.25, 0.3) is 0 Å². The molecule has 28 heavy (non-hydrogen) atoms. The number of furan rings is 1. The minimum atomic E-state index is -3.71. The van der Waals surface area contributed by atoms with Crippen molar-refractivity contribution in [1.29, 1.82) is 0 Å². The Bertz CT molecular complexity index is 887. The van der Waals surface area contributed by atoms with Crippen LogP contribution in [0.2, 0.25) is 5.02 Å². The molecule has 2 rings (SSSR count). The Morgan fingerprint density at radius 2 is 2.14 bits per heavy atom. The average molecular weight is 447 g/mol. The van der Waals surface area contributed by atoms with Crippen LogP contribution >= 0.6 is 23.4 Å². The highest BCUT2D eigenvalue weighted by molar-refractivity contribution is 7.98. The molecular weight excluding hydrogens is 424 g/mol. The number of rotatable bonds is 10.